The number of carbonyl (C=O) groups is 6. The molecule has 0 saturated carbocycles. The van der Waals surface area contributed by atoms with Crippen molar-refractivity contribution in [2.24, 2.45) is 17.4 Å². The largest absolute Gasteiger partial charge is 0.481 e. The predicted octanol–water partition coefficient (Wildman–Crippen LogP) is -3.37. The molecule has 32 heavy (non-hydrogen) atoms. The van der Waals surface area contributed by atoms with Crippen LogP contribution in [0.1, 0.15) is 39.5 Å². The topological polar surface area (TPSA) is 251 Å². The van der Waals surface area contributed by atoms with Gasteiger partial charge >= 0.3 is 11.9 Å². The van der Waals surface area contributed by atoms with E-state index in [-0.39, 0.29) is 25.2 Å². The second-order valence-electron chi connectivity index (χ2n) is 7.54. The Morgan fingerprint density at radius 2 is 1.34 bits per heavy atom. The minimum atomic E-state index is -1.59. The summed E-state index contributed by atoms with van der Waals surface area (Å²) in [5.41, 5.74) is 10.5. The Hall–Kier alpha value is -3.26. The lowest BCUT2D eigenvalue weighted by Gasteiger charge is -2.24. The van der Waals surface area contributed by atoms with Crippen LogP contribution in [0.5, 0.6) is 0 Å². The van der Waals surface area contributed by atoms with E-state index in [0.717, 1.165) is 0 Å². The molecule has 0 heterocycles. The summed E-state index contributed by atoms with van der Waals surface area (Å²) in [6.45, 7) is 2.59. The Kier molecular flexibility index (Phi) is 12.5. The van der Waals surface area contributed by atoms with E-state index < -0.39 is 72.8 Å². The van der Waals surface area contributed by atoms with Gasteiger partial charge in [-0.15, -0.1) is 0 Å². The summed E-state index contributed by atoms with van der Waals surface area (Å²) in [5, 5.41) is 33.9. The maximum Gasteiger partial charge on any atom is 0.326 e. The summed E-state index contributed by atoms with van der Waals surface area (Å²) in [5.74, 6) is -6.46. The molecule has 0 aromatic carbocycles. The second-order valence-corrected chi connectivity index (χ2v) is 7.54. The Morgan fingerprint density at radius 1 is 0.844 bits per heavy atom. The first-order valence-corrected chi connectivity index (χ1v) is 9.78. The zero-order valence-corrected chi connectivity index (χ0v) is 17.9. The average Bonchev–Trinajstić information content (AvgIpc) is 2.66. The van der Waals surface area contributed by atoms with Crippen molar-refractivity contribution in [3.8, 4) is 0 Å². The molecule has 0 fully saturated rings. The van der Waals surface area contributed by atoms with Crippen molar-refractivity contribution in [2.45, 2.75) is 63.7 Å². The van der Waals surface area contributed by atoms with Crippen molar-refractivity contribution in [1.29, 1.82) is 0 Å². The zero-order valence-electron chi connectivity index (χ0n) is 17.9. The van der Waals surface area contributed by atoms with E-state index in [4.69, 9.17) is 16.6 Å². The van der Waals surface area contributed by atoms with Crippen LogP contribution >= 0.6 is 0 Å². The molecule has 0 spiro atoms. The first-order chi connectivity index (χ1) is 14.8. The molecule has 4 unspecified atom stereocenters. The van der Waals surface area contributed by atoms with Crippen LogP contribution in [0, 0.1) is 5.92 Å². The zero-order chi connectivity index (χ0) is 25.0. The molecule has 14 nitrogen and oxygen atoms in total. The van der Waals surface area contributed by atoms with Crippen molar-refractivity contribution in [3.63, 3.8) is 0 Å². The van der Waals surface area contributed by atoms with Gasteiger partial charge in [0.05, 0.1) is 19.1 Å². The molecule has 14 heteroatoms. The Morgan fingerprint density at radius 3 is 1.78 bits per heavy atom. The van der Waals surface area contributed by atoms with Crippen LogP contribution in [0.2, 0.25) is 0 Å². The van der Waals surface area contributed by atoms with E-state index in [2.05, 4.69) is 16.0 Å². The van der Waals surface area contributed by atoms with Crippen molar-refractivity contribution < 1.29 is 44.1 Å². The molecule has 0 aliphatic rings. The van der Waals surface area contributed by atoms with Crippen LogP contribution in [-0.2, 0) is 28.8 Å². The van der Waals surface area contributed by atoms with Gasteiger partial charge in [-0.3, -0.25) is 24.0 Å². The van der Waals surface area contributed by atoms with Crippen molar-refractivity contribution >= 4 is 35.6 Å². The Balaban J connectivity index is 5.35. The summed E-state index contributed by atoms with van der Waals surface area (Å²) < 4.78 is 0. The third kappa shape index (κ3) is 11.2. The van der Waals surface area contributed by atoms with Gasteiger partial charge in [0, 0.05) is 6.42 Å². The molecule has 0 aliphatic carbocycles. The number of carboxylic acid groups (broad SMARTS) is 2. The summed E-state index contributed by atoms with van der Waals surface area (Å²) in [7, 11) is 0. The van der Waals surface area contributed by atoms with Gasteiger partial charge in [-0.05, 0) is 18.8 Å². The molecule has 4 atom stereocenters. The van der Waals surface area contributed by atoms with E-state index >= 15 is 0 Å². The number of aliphatic hydroxyl groups is 1. The lowest BCUT2D eigenvalue weighted by molar-refractivity contribution is -0.143. The highest BCUT2D eigenvalue weighted by Gasteiger charge is 2.30. The number of nitrogens with two attached hydrogens (primary N) is 2. The summed E-state index contributed by atoms with van der Waals surface area (Å²) in [6, 6.07) is -5.73. The standard InChI is InChI=1S/C18H31N5O9/c1-8(2)5-11(18(31)32)22-16(29)10(3-4-13(20)25)21-17(30)12(7-24)23-15(28)9(19)6-14(26)27/h8-12,24H,3-7,19H2,1-2H3,(H2,20,25)(H,21,30)(H,22,29)(H,23,28)(H,26,27)(H,31,32). The molecule has 182 valence electrons. The van der Waals surface area contributed by atoms with Crippen LogP contribution in [-0.4, -0.2) is 81.7 Å². The van der Waals surface area contributed by atoms with Gasteiger partial charge in [0.1, 0.15) is 18.1 Å². The van der Waals surface area contributed by atoms with Crippen molar-refractivity contribution in [3.05, 3.63) is 0 Å². The van der Waals surface area contributed by atoms with Crippen LogP contribution in [0.15, 0.2) is 0 Å². The highest BCUT2D eigenvalue weighted by molar-refractivity contribution is 5.95. The maximum atomic E-state index is 12.6. The number of amides is 4. The minimum Gasteiger partial charge on any atom is -0.481 e. The van der Waals surface area contributed by atoms with Gasteiger partial charge in [-0.25, -0.2) is 4.79 Å². The average molecular weight is 461 g/mol. The van der Waals surface area contributed by atoms with Crippen LogP contribution in [0.25, 0.3) is 0 Å². The number of aliphatic carboxylic acids is 2. The molecule has 0 radical (unpaired) electrons. The number of rotatable bonds is 15. The third-order valence-corrected chi connectivity index (χ3v) is 4.18. The van der Waals surface area contributed by atoms with Crippen molar-refractivity contribution in [1.82, 2.24) is 16.0 Å². The Labute approximate surface area is 184 Å². The number of primary amides is 1. The molecule has 0 aromatic heterocycles. The van der Waals surface area contributed by atoms with E-state index in [1.54, 1.807) is 13.8 Å². The normalized spacial score (nSPS) is 14.5. The second kappa shape index (κ2) is 13.9. The quantitative estimate of drug-likeness (QED) is 0.120. The van der Waals surface area contributed by atoms with Gasteiger partial charge in [0.25, 0.3) is 0 Å². The molecular formula is C18H31N5O9. The summed E-state index contributed by atoms with van der Waals surface area (Å²) >= 11 is 0. The minimum absolute atomic E-state index is 0.0703. The number of nitrogens with one attached hydrogen (secondary N) is 3. The molecule has 0 aromatic rings. The maximum absolute atomic E-state index is 12.6. The van der Waals surface area contributed by atoms with Gasteiger partial charge in [0.2, 0.25) is 23.6 Å². The third-order valence-electron chi connectivity index (χ3n) is 4.18. The lowest BCUT2D eigenvalue weighted by Crippen LogP contribution is -2.58. The van der Waals surface area contributed by atoms with E-state index in [1.165, 1.54) is 0 Å². The van der Waals surface area contributed by atoms with Crippen LogP contribution < -0.4 is 27.4 Å². The molecular weight excluding hydrogens is 430 g/mol. The Bertz CT molecular complexity index is 713. The lowest BCUT2D eigenvalue weighted by atomic mass is 10.0. The van der Waals surface area contributed by atoms with Gasteiger partial charge in [-0.1, -0.05) is 13.8 Å². The molecule has 4 amide bonds. The fourth-order valence-corrected chi connectivity index (χ4v) is 2.55. The number of hydrogen-bond donors (Lipinski definition) is 8. The van der Waals surface area contributed by atoms with E-state index in [1.807, 2.05) is 0 Å². The molecule has 10 N–H and O–H groups in total. The number of hydrogen-bond acceptors (Lipinski definition) is 8. The fraction of sp³-hybridized carbons (Fsp3) is 0.667. The van der Waals surface area contributed by atoms with E-state index in [9.17, 15) is 39.0 Å². The number of aliphatic hydroxyl groups excluding tert-OH is 1. The molecule has 0 bridgehead atoms. The predicted molar refractivity (Wildman–Crippen MR) is 109 cm³/mol. The first-order valence-electron chi connectivity index (χ1n) is 9.78. The molecule has 0 saturated heterocycles. The van der Waals surface area contributed by atoms with Crippen molar-refractivity contribution in [2.75, 3.05) is 6.61 Å². The highest BCUT2D eigenvalue weighted by atomic mass is 16.4. The fourth-order valence-electron chi connectivity index (χ4n) is 2.55. The molecule has 0 rings (SSSR count). The van der Waals surface area contributed by atoms with Crippen LogP contribution in [0.3, 0.4) is 0 Å². The smallest absolute Gasteiger partial charge is 0.326 e. The number of carbonyl (C=O) groups excluding carboxylic acids is 4. The monoisotopic (exact) mass is 461 g/mol. The first kappa shape index (κ1) is 28.7. The highest BCUT2D eigenvalue weighted by Crippen LogP contribution is 2.07. The van der Waals surface area contributed by atoms with Crippen LogP contribution in [0.4, 0.5) is 0 Å². The van der Waals surface area contributed by atoms with Gasteiger partial charge < -0.3 is 42.7 Å². The van der Waals surface area contributed by atoms with Gasteiger partial charge in [-0.2, -0.15) is 0 Å². The number of carboxylic acids is 2. The SMILES string of the molecule is CC(C)CC(NC(=O)C(CCC(N)=O)NC(=O)C(CO)NC(=O)C(N)CC(=O)O)C(=O)O. The summed E-state index contributed by atoms with van der Waals surface area (Å²) in [6.07, 6.45) is -1.21. The van der Waals surface area contributed by atoms with Gasteiger partial charge in [0.15, 0.2) is 0 Å². The molecule has 0 aliphatic heterocycles. The summed E-state index contributed by atoms with van der Waals surface area (Å²) in [4.78, 5) is 70.1. The van der Waals surface area contributed by atoms with E-state index in [0.29, 0.717) is 0 Å².